The van der Waals surface area contributed by atoms with E-state index in [-0.39, 0.29) is 5.91 Å². The lowest BCUT2D eigenvalue weighted by Crippen LogP contribution is -2.31. The summed E-state index contributed by atoms with van der Waals surface area (Å²) in [5.74, 6) is -0.109. The van der Waals surface area contributed by atoms with Gasteiger partial charge in [-0.05, 0) is 46.0 Å². The van der Waals surface area contributed by atoms with E-state index in [0.29, 0.717) is 28.7 Å². The van der Waals surface area contributed by atoms with Gasteiger partial charge in [0.15, 0.2) is 0 Å². The highest BCUT2D eigenvalue weighted by Gasteiger charge is 2.16. The topological polar surface area (TPSA) is 71.2 Å². The predicted octanol–water partition coefficient (Wildman–Crippen LogP) is 2.34. The largest absolute Gasteiger partial charge is 0.396 e. The number of fused-ring (bicyclic) bond motifs is 1. The van der Waals surface area contributed by atoms with E-state index in [1.54, 1.807) is 6.20 Å². The molecule has 0 aliphatic rings. The summed E-state index contributed by atoms with van der Waals surface area (Å²) < 4.78 is 0.944. The number of rotatable bonds is 6. The molecule has 2 aromatic heterocycles. The van der Waals surface area contributed by atoms with Crippen molar-refractivity contribution in [2.45, 2.75) is 26.3 Å². The first kappa shape index (κ1) is 15.7. The van der Waals surface area contributed by atoms with Crippen LogP contribution in [0.25, 0.3) is 10.2 Å². The average molecular weight is 306 g/mol. The normalized spacial score (nSPS) is 11.5. The maximum Gasteiger partial charge on any atom is 0.263 e. The maximum absolute atomic E-state index is 12.2. The number of pyridine rings is 1. The third kappa shape index (κ3) is 3.71. The Morgan fingerprint density at radius 2 is 2.29 bits per heavy atom. The Balaban J connectivity index is 1.92. The number of nitrogens with zero attached hydrogens (tertiary/aromatic N) is 2. The molecule has 2 heterocycles. The Hall–Kier alpha value is -1.66. The van der Waals surface area contributed by atoms with E-state index in [1.165, 1.54) is 11.3 Å². The van der Waals surface area contributed by atoms with Gasteiger partial charge in [0.25, 0.3) is 5.91 Å². The van der Waals surface area contributed by atoms with Crippen molar-refractivity contribution in [3.05, 3.63) is 23.2 Å². The number of nitrogen functional groups attached to an aromatic ring is 1. The number of aromatic nitrogens is 1. The molecule has 0 aliphatic heterocycles. The number of nitrogens with two attached hydrogens (primary N) is 1. The lowest BCUT2D eigenvalue weighted by molar-refractivity contribution is 0.0956. The highest BCUT2D eigenvalue weighted by molar-refractivity contribution is 7.21. The standard InChI is InChI=1S/C15H22N4OS/c1-10(2)19(3)9-5-8-18-15(20)14-12(16)13-11(21-14)6-4-7-17-13/h4,6-7,10H,5,8-9,16H2,1-3H3,(H,18,20). The molecule has 0 aliphatic carbocycles. The van der Waals surface area contributed by atoms with Gasteiger partial charge in [-0.25, -0.2) is 0 Å². The zero-order valence-electron chi connectivity index (χ0n) is 12.7. The molecule has 3 N–H and O–H groups in total. The fraction of sp³-hybridized carbons (Fsp3) is 0.467. The molecule has 2 aromatic rings. The summed E-state index contributed by atoms with van der Waals surface area (Å²) in [6, 6.07) is 4.30. The molecule has 0 aromatic carbocycles. The minimum absolute atomic E-state index is 0.109. The van der Waals surface area contributed by atoms with Gasteiger partial charge in [-0.15, -0.1) is 11.3 Å². The quantitative estimate of drug-likeness (QED) is 0.804. The van der Waals surface area contributed by atoms with Gasteiger partial charge >= 0.3 is 0 Å². The van der Waals surface area contributed by atoms with Crippen LogP contribution in [0.2, 0.25) is 0 Å². The van der Waals surface area contributed by atoms with Crippen molar-refractivity contribution in [3.63, 3.8) is 0 Å². The highest BCUT2D eigenvalue weighted by Crippen LogP contribution is 2.31. The lowest BCUT2D eigenvalue weighted by atomic mass is 10.3. The Bertz CT molecular complexity index is 623. The molecule has 114 valence electrons. The molecule has 21 heavy (non-hydrogen) atoms. The molecule has 5 nitrogen and oxygen atoms in total. The molecule has 0 fully saturated rings. The third-order valence-electron chi connectivity index (χ3n) is 3.54. The van der Waals surface area contributed by atoms with E-state index < -0.39 is 0 Å². The van der Waals surface area contributed by atoms with Crippen LogP contribution in [0, 0.1) is 0 Å². The summed E-state index contributed by atoms with van der Waals surface area (Å²) in [6.45, 7) is 5.92. The minimum atomic E-state index is -0.109. The van der Waals surface area contributed by atoms with Crippen molar-refractivity contribution < 1.29 is 4.79 Å². The molecule has 6 heteroatoms. The van der Waals surface area contributed by atoms with Gasteiger partial charge in [0.1, 0.15) is 10.4 Å². The van der Waals surface area contributed by atoms with Crippen LogP contribution in [0.4, 0.5) is 5.69 Å². The van der Waals surface area contributed by atoms with E-state index in [2.05, 4.69) is 36.1 Å². The number of thiophene rings is 1. The minimum Gasteiger partial charge on any atom is -0.396 e. The van der Waals surface area contributed by atoms with Gasteiger partial charge in [0.2, 0.25) is 0 Å². The Morgan fingerprint density at radius 1 is 1.52 bits per heavy atom. The number of hydrogen-bond donors (Lipinski definition) is 2. The third-order valence-corrected chi connectivity index (χ3v) is 4.70. The smallest absolute Gasteiger partial charge is 0.263 e. The number of carbonyl (C=O) groups excluding carboxylic acids is 1. The SMILES string of the molecule is CC(C)N(C)CCCNC(=O)c1sc2cccnc2c1N. The summed E-state index contributed by atoms with van der Waals surface area (Å²) >= 11 is 1.39. The van der Waals surface area contributed by atoms with Gasteiger partial charge in [-0.3, -0.25) is 9.78 Å². The molecular formula is C15H22N4OS. The molecule has 0 saturated carbocycles. The van der Waals surface area contributed by atoms with Crippen LogP contribution < -0.4 is 11.1 Å². The van der Waals surface area contributed by atoms with Crippen LogP contribution in [-0.2, 0) is 0 Å². The molecule has 0 saturated heterocycles. The van der Waals surface area contributed by atoms with E-state index in [1.807, 2.05) is 12.1 Å². The first-order valence-corrected chi connectivity index (χ1v) is 7.93. The van der Waals surface area contributed by atoms with Crippen molar-refractivity contribution in [1.82, 2.24) is 15.2 Å². The number of nitrogens with one attached hydrogen (secondary N) is 1. The van der Waals surface area contributed by atoms with Crippen LogP contribution in [0.15, 0.2) is 18.3 Å². The zero-order chi connectivity index (χ0) is 15.4. The molecule has 0 radical (unpaired) electrons. The highest BCUT2D eigenvalue weighted by atomic mass is 32.1. The van der Waals surface area contributed by atoms with Crippen LogP contribution in [-0.4, -0.2) is 42.0 Å². The molecule has 0 unspecified atom stereocenters. The molecule has 0 spiro atoms. The van der Waals surface area contributed by atoms with Crippen LogP contribution in [0.5, 0.6) is 0 Å². The second-order valence-corrected chi connectivity index (χ2v) is 6.43. The predicted molar refractivity (Wildman–Crippen MR) is 88.7 cm³/mol. The summed E-state index contributed by atoms with van der Waals surface area (Å²) in [4.78, 5) is 19.2. The number of anilines is 1. The number of hydrogen-bond acceptors (Lipinski definition) is 5. The van der Waals surface area contributed by atoms with Crippen molar-refractivity contribution in [2.24, 2.45) is 0 Å². The van der Waals surface area contributed by atoms with Crippen molar-refractivity contribution >= 4 is 33.1 Å². The van der Waals surface area contributed by atoms with Gasteiger partial charge < -0.3 is 16.0 Å². The van der Waals surface area contributed by atoms with E-state index >= 15 is 0 Å². The van der Waals surface area contributed by atoms with Crippen LogP contribution >= 0.6 is 11.3 Å². The summed E-state index contributed by atoms with van der Waals surface area (Å²) in [7, 11) is 2.09. The maximum atomic E-state index is 12.2. The van der Waals surface area contributed by atoms with Crippen LogP contribution in [0.3, 0.4) is 0 Å². The first-order valence-electron chi connectivity index (χ1n) is 7.12. The number of amides is 1. The Labute approximate surface area is 129 Å². The summed E-state index contributed by atoms with van der Waals surface area (Å²) in [5.41, 5.74) is 7.20. The van der Waals surface area contributed by atoms with Gasteiger partial charge in [0, 0.05) is 18.8 Å². The molecule has 0 bridgehead atoms. The average Bonchev–Trinajstić information content (AvgIpc) is 2.81. The Kier molecular flexibility index (Phi) is 5.14. The first-order chi connectivity index (χ1) is 10.0. The summed E-state index contributed by atoms with van der Waals surface area (Å²) in [5, 5.41) is 2.93. The number of carbonyl (C=O) groups is 1. The second kappa shape index (κ2) is 6.87. The van der Waals surface area contributed by atoms with Crippen molar-refractivity contribution in [3.8, 4) is 0 Å². The van der Waals surface area contributed by atoms with Gasteiger partial charge in [-0.2, -0.15) is 0 Å². The molecule has 2 rings (SSSR count). The fourth-order valence-corrected chi connectivity index (χ4v) is 2.98. The Morgan fingerprint density at radius 3 is 2.95 bits per heavy atom. The van der Waals surface area contributed by atoms with E-state index in [9.17, 15) is 4.79 Å². The lowest BCUT2D eigenvalue weighted by Gasteiger charge is -2.20. The van der Waals surface area contributed by atoms with E-state index in [0.717, 1.165) is 17.7 Å². The second-order valence-electron chi connectivity index (χ2n) is 5.38. The van der Waals surface area contributed by atoms with Crippen molar-refractivity contribution in [2.75, 3.05) is 25.9 Å². The van der Waals surface area contributed by atoms with E-state index in [4.69, 9.17) is 5.73 Å². The fourth-order valence-electron chi connectivity index (χ4n) is 1.99. The van der Waals surface area contributed by atoms with Crippen molar-refractivity contribution in [1.29, 1.82) is 0 Å². The molecular weight excluding hydrogens is 284 g/mol. The van der Waals surface area contributed by atoms with Gasteiger partial charge in [-0.1, -0.05) is 0 Å². The zero-order valence-corrected chi connectivity index (χ0v) is 13.5. The monoisotopic (exact) mass is 306 g/mol. The molecule has 1 amide bonds. The molecule has 0 atom stereocenters. The summed E-state index contributed by atoms with van der Waals surface area (Å²) in [6.07, 6.45) is 2.61. The van der Waals surface area contributed by atoms with Crippen LogP contribution in [0.1, 0.15) is 29.9 Å². The van der Waals surface area contributed by atoms with Gasteiger partial charge in [0.05, 0.1) is 10.4 Å².